The first-order valence-corrected chi connectivity index (χ1v) is 13.2. The van der Waals surface area contributed by atoms with Gasteiger partial charge in [-0.05, 0) is 50.8 Å². The topological polar surface area (TPSA) is 102 Å². The Labute approximate surface area is 216 Å². The number of nitrogens with zero attached hydrogens (tertiary/aromatic N) is 2. The van der Waals surface area contributed by atoms with Crippen molar-refractivity contribution in [1.82, 2.24) is 20.4 Å². The van der Waals surface area contributed by atoms with E-state index in [4.69, 9.17) is 0 Å². The fourth-order valence-electron chi connectivity index (χ4n) is 4.84. The van der Waals surface area contributed by atoms with Gasteiger partial charge >= 0.3 is 6.03 Å². The number of nitrogens with one attached hydrogen (secondary N) is 2. The van der Waals surface area contributed by atoms with E-state index in [0.717, 1.165) is 16.7 Å². The summed E-state index contributed by atoms with van der Waals surface area (Å²) in [6.45, 7) is 8.13. The van der Waals surface area contributed by atoms with Crippen molar-refractivity contribution in [3.63, 3.8) is 0 Å². The van der Waals surface area contributed by atoms with Crippen molar-refractivity contribution in [2.45, 2.75) is 69.8 Å². The molecule has 2 heterocycles. The molecule has 0 radical (unpaired) electrons. The SMILES string of the molecule is Cc1ccccc1CN1C(=O)[C@H]2N(C(=O)[C@@H](O)C(Cc3ccccc3)NC(=O)NC(C)C)CSC21C. The fourth-order valence-corrected chi connectivity index (χ4v) is 6.21. The summed E-state index contributed by atoms with van der Waals surface area (Å²) in [6.07, 6.45) is -1.22. The monoisotopic (exact) mass is 510 g/mol. The van der Waals surface area contributed by atoms with Crippen molar-refractivity contribution >= 4 is 29.6 Å². The van der Waals surface area contributed by atoms with Crippen LogP contribution in [0.5, 0.6) is 0 Å². The molecular weight excluding hydrogens is 476 g/mol. The van der Waals surface area contributed by atoms with Crippen molar-refractivity contribution in [3.8, 4) is 0 Å². The van der Waals surface area contributed by atoms with Gasteiger partial charge in [-0.15, -0.1) is 11.8 Å². The third-order valence-corrected chi connectivity index (χ3v) is 8.33. The van der Waals surface area contributed by atoms with Gasteiger partial charge in [-0.2, -0.15) is 0 Å². The molecular formula is C27H34N4O4S. The van der Waals surface area contributed by atoms with Gasteiger partial charge in [0, 0.05) is 12.6 Å². The van der Waals surface area contributed by atoms with Gasteiger partial charge < -0.3 is 25.5 Å². The van der Waals surface area contributed by atoms with Gasteiger partial charge in [-0.1, -0.05) is 54.6 Å². The molecule has 2 aromatic carbocycles. The first kappa shape index (κ1) is 26.0. The van der Waals surface area contributed by atoms with Crippen LogP contribution in [0.1, 0.15) is 37.5 Å². The molecule has 0 aliphatic carbocycles. The minimum Gasteiger partial charge on any atom is -0.381 e. The maximum atomic E-state index is 13.5. The van der Waals surface area contributed by atoms with Crippen LogP contribution in [0.15, 0.2) is 54.6 Å². The number of hydrogen-bond donors (Lipinski definition) is 3. The normalized spacial score (nSPS) is 22.6. The quantitative estimate of drug-likeness (QED) is 0.474. The Hall–Kier alpha value is -3.04. The van der Waals surface area contributed by atoms with E-state index in [1.165, 1.54) is 16.7 Å². The molecule has 192 valence electrons. The summed E-state index contributed by atoms with van der Waals surface area (Å²) in [4.78, 5) is 41.9. The number of amides is 4. The van der Waals surface area contributed by atoms with E-state index in [2.05, 4.69) is 10.6 Å². The molecule has 2 aliphatic heterocycles. The van der Waals surface area contributed by atoms with Crippen molar-refractivity contribution in [2.75, 3.05) is 5.88 Å². The van der Waals surface area contributed by atoms with Crippen LogP contribution in [0.25, 0.3) is 0 Å². The number of β-lactam (4-membered cyclic amide) rings is 1. The number of urea groups is 1. The van der Waals surface area contributed by atoms with Crippen LogP contribution in [0, 0.1) is 6.92 Å². The molecule has 2 unspecified atom stereocenters. The number of thioether (sulfide) groups is 1. The van der Waals surface area contributed by atoms with Crippen LogP contribution in [0.2, 0.25) is 0 Å². The molecule has 2 aromatic rings. The van der Waals surface area contributed by atoms with Gasteiger partial charge in [0.05, 0.1) is 11.9 Å². The van der Waals surface area contributed by atoms with Gasteiger partial charge in [0.15, 0.2) is 6.10 Å². The Morgan fingerprint density at radius 2 is 1.78 bits per heavy atom. The predicted molar refractivity (Wildman–Crippen MR) is 140 cm³/mol. The Morgan fingerprint density at radius 1 is 1.11 bits per heavy atom. The average Bonchev–Trinajstić information content (AvgIpc) is 3.16. The number of likely N-dealkylation sites (tertiary alicyclic amines) is 1. The zero-order valence-corrected chi connectivity index (χ0v) is 21.9. The molecule has 0 bridgehead atoms. The molecule has 4 amide bonds. The highest BCUT2D eigenvalue weighted by atomic mass is 32.2. The van der Waals surface area contributed by atoms with Crippen LogP contribution in [-0.4, -0.2) is 67.7 Å². The molecule has 9 heteroatoms. The summed E-state index contributed by atoms with van der Waals surface area (Å²) in [5, 5.41) is 16.7. The highest BCUT2D eigenvalue weighted by Gasteiger charge is 2.65. The van der Waals surface area contributed by atoms with E-state index in [-0.39, 0.29) is 18.4 Å². The number of carbonyl (C=O) groups excluding carboxylic acids is 3. The van der Waals surface area contributed by atoms with E-state index in [9.17, 15) is 19.5 Å². The first-order chi connectivity index (χ1) is 17.1. The third-order valence-electron chi connectivity index (χ3n) is 6.89. The van der Waals surface area contributed by atoms with Gasteiger partial charge in [0.2, 0.25) is 5.91 Å². The zero-order valence-electron chi connectivity index (χ0n) is 21.1. The maximum Gasteiger partial charge on any atom is 0.315 e. The Balaban J connectivity index is 1.49. The second kappa shape index (κ2) is 10.5. The Kier molecular flexibility index (Phi) is 7.61. The minimum absolute atomic E-state index is 0.0993. The van der Waals surface area contributed by atoms with Crippen LogP contribution >= 0.6 is 11.8 Å². The van der Waals surface area contributed by atoms with Crippen molar-refractivity contribution in [2.24, 2.45) is 0 Å². The van der Waals surface area contributed by atoms with Crippen LogP contribution < -0.4 is 10.6 Å². The molecule has 36 heavy (non-hydrogen) atoms. The summed E-state index contributed by atoms with van der Waals surface area (Å²) < 4.78 is 0. The van der Waals surface area contributed by atoms with Gasteiger partial charge in [-0.25, -0.2) is 4.79 Å². The van der Waals surface area contributed by atoms with Crippen molar-refractivity contribution in [1.29, 1.82) is 0 Å². The van der Waals surface area contributed by atoms with Crippen molar-refractivity contribution in [3.05, 3.63) is 71.3 Å². The molecule has 2 aliphatic rings. The van der Waals surface area contributed by atoms with E-state index in [0.29, 0.717) is 12.4 Å². The van der Waals surface area contributed by atoms with Crippen LogP contribution in [0.4, 0.5) is 4.79 Å². The lowest BCUT2D eigenvalue weighted by atomic mass is 9.91. The lowest BCUT2D eigenvalue weighted by molar-refractivity contribution is -0.168. The molecule has 4 rings (SSSR count). The first-order valence-electron chi connectivity index (χ1n) is 12.2. The smallest absolute Gasteiger partial charge is 0.315 e. The van der Waals surface area contributed by atoms with Gasteiger partial charge in [0.1, 0.15) is 10.9 Å². The number of carbonyl (C=O) groups is 3. The number of hydrogen-bond acceptors (Lipinski definition) is 5. The zero-order chi connectivity index (χ0) is 26.0. The highest BCUT2D eigenvalue weighted by Crippen LogP contribution is 2.51. The molecule has 3 N–H and O–H groups in total. The van der Waals surface area contributed by atoms with Crippen molar-refractivity contribution < 1.29 is 19.5 Å². The van der Waals surface area contributed by atoms with Crippen LogP contribution in [0.3, 0.4) is 0 Å². The number of aryl methyl sites for hydroxylation is 1. The molecule has 8 nitrogen and oxygen atoms in total. The summed E-state index contributed by atoms with van der Waals surface area (Å²) in [7, 11) is 0. The van der Waals surface area contributed by atoms with E-state index in [1.807, 2.05) is 82.3 Å². The summed E-state index contributed by atoms with van der Waals surface area (Å²) in [6, 6.07) is 15.3. The summed E-state index contributed by atoms with van der Waals surface area (Å²) >= 11 is 1.52. The standard InChI is InChI=1S/C27H34N4O4S/c1-17(2)28-26(35)29-21(14-19-11-6-5-7-12-19)22(32)24(33)30-16-36-27(4)23(30)25(34)31(27)15-20-13-9-8-10-18(20)3/h5-13,17,21-23,32H,14-16H2,1-4H3,(H2,28,29,35)/t21?,22-,23+,27?/m0/s1. The Bertz CT molecular complexity index is 1130. The summed E-state index contributed by atoms with van der Waals surface area (Å²) in [5.41, 5.74) is 3.06. The molecule has 0 aromatic heterocycles. The second-order valence-electron chi connectivity index (χ2n) is 9.90. The highest BCUT2D eigenvalue weighted by molar-refractivity contribution is 8.01. The van der Waals surface area contributed by atoms with Crippen LogP contribution in [-0.2, 0) is 22.6 Å². The number of rotatable bonds is 8. The number of fused-ring (bicyclic) bond motifs is 1. The van der Waals surface area contributed by atoms with E-state index >= 15 is 0 Å². The van der Waals surface area contributed by atoms with E-state index < -0.39 is 35.0 Å². The largest absolute Gasteiger partial charge is 0.381 e. The average molecular weight is 511 g/mol. The predicted octanol–water partition coefficient (Wildman–Crippen LogP) is 2.63. The Morgan fingerprint density at radius 3 is 2.44 bits per heavy atom. The fraction of sp³-hybridized carbons (Fsp3) is 0.444. The number of benzene rings is 2. The molecule has 2 fully saturated rings. The lowest BCUT2D eigenvalue weighted by Crippen LogP contribution is -2.73. The minimum atomic E-state index is -1.50. The molecule has 0 spiro atoms. The summed E-state index contributed by atoms with van der Waals surface area (Å²) in [5.74, 6) is -0.383. The second-order valence-corrected chi connectivity index (χ2v) is 11.3. The lowest BCUT2D eigenvalue weighted by Gasteiger charge is -2.53. The number of aliphatic hydroxyl groups excluding tert-OH is 1. The van der Waals surface area contributed by atoms with Gasteiger partial charge in [-0.3, -0.25) is 9.59 Å². The van der Waals surface area contributed by atoms with Gasteiger partial charge in [0.25, 0.3) is 5.91 Å². The molecule has 2 saturated heterocycles. The molecule has 0 saturated carbocycles. The van der Waals surface area contributed by atoms with E-state index in [1.54, 1.807) is 4.90 Å². The molecule has 4 atom stereocenters. The maximum absolute atomic E-state index is 13.5. The number of aliphatic hydroxyl groups is 1. The third kappa shape index (κ3) is 5.08.